The number of nitrogens with one attached hydrogen (secondary N) is 1. The first-order chi connectivity index (χ1) is 11.3. The van der Waals surface area contributed by atoms with Crippen molar-refractivity contribution < 1.29 is 9.21 Å². The van der Waals surface area contributed by atoms with Crippen molar-refractivity contribution in [2.45, 2.75) is 12.8 Å². The maximum Gasteiger partial charge on any atom is 0.287 e. The summed E-state index contributed by atoms with van der Waals surface area (Å²) in [5.74, 6) is 0.958. The molecule has 0 bridgehead atoms. The van der Waals surface area contributed by atoms with Gasteiger partial charge in [-0.05, 0) is 41.8 Å². The smallest absolute Gasteiger partial charge is 0.287 e. The van der Waals surface area contributed by atoms with E-state index in [2.05, 4.69) is 10.3 Å². The minimum absolute atomic E-state index is 0.182. The lowest BCUT2D eigenvalue weighted by Gasteiger charge is -2.03. The Morgan fingerprint density at radius 2 is 1.74 bits per heavy atom. The highest BCUT2D eigenvalue weighted by molar-refractivity contribution is 5.91. The van der Waals surface area contributed by atoms with E-state index in [4.69, 9.17) is 4.42 Å². The standard InChI is InChI=1S/C19H18N2O2/c22-19(21-13-10-15-8-11-20-12-9-15)18-7-6-17(23-18)14-16-4-2-1-3-5-16/h1-9,11-12H,10,13-14H2,(H,21,22). The van der Waals surface area contributed by atoms with Crippen LogP contribution >= 0.6 is 0 Å². The van der Waals surface area contributed by atoms with Gasteiger partial charge >= 0.3 is 0 Å². The summed E-state index contributed by atoms with van der Waals surface area (Å²) in [5, 5.41) is 2.87. The van der Waals surface area contributed by atoms with Crippen molar-refractivity contribution in [1.82, 2.24) is 10.3 Å². The summed E-state index contributed by atoms with van der Waals surface area (Å²) in [4.78, 5) is 16.1. The largest absolute Gasteiger partial charge is 0.456 e. The molecule has 0 aliphatic rings. The van der Waals surface area contributed by atoms with Crippen LogP contribution in [0.15, 0.2) is 71.4 Å². The summed E-state index contributed by atoms with van der Waals surface area (Å²) in [6.07, 6.45) is 4.95. The van der Waals surface area contributed by atoms with E-state index in [0.717, 1.165) is 23.3 Å². The van der Waals surface area contributed by atoms with E-state index in [1.54, 1.807) is 18.5 Å². The molecule has 1 amide bonds. The topological polar surface area (TPSA) is 55.1 Å². The van der Waals surface area contributed by atoms with Crippen molar-refractivity contribution in [1.29, 1.82) is 0 Å². The van der Waals surface area contributed by atoms with Crippen molar-refractivity contribution in [3.63, 3.8) is 0 Å². The van der Waals surface area contributed by atoms with Crippen LogP contribution in [0, 0.1) is 0 Å². The van der Waals surface area contributed by atoms with Gasteiger partial charge in [-0.1, -0.05) is 30.3 Å². The van der Waals surface area contributed by atoms with E-state index < -0.39 is 0 Å². The summed E-state index contributed by atoms with van der Waals surface area (Å²) < 4.78 is 5.63. The molecule has 2 heterocycles. The summed E-state index contributed by atoms with van der Waals surface area (Å²) in [6, 6.07) is 17.5. The number of aromatic nitrogens is 1. The normalized spacial score (nSPS) is 10.4. The average molecular weight is 306 g/mol. The second-order valence-corrected chi connectivity index (χ2v) is 5.29. The number of furan rings is 1. The predicted molar refractivity (Wildman–Crippen MR) is 88.2 cm³/mol. The minimum atomic E-state index is -0.182. The Hall–Kier alpha value is -2.88. The molecule has 0 unspecified atom stereocenters. The molecule has 0 saturated heterocycles. The first-order valence-electron chi connectivity index (χ1n) is 7.61. The van der Waals surface area contributed by atoms with Crippen LogP contribution in [0.25, 0.3) is 0 Å². The maximum absolute atomic E-state index is 12.1. The van der Waals surface area contributed by atoms with Gasteiger partial charge in [-0.15, -0.1) is 0 Å². The molecule has 23 heavy (non-hydrogen) atoms. The fourth-order valence-corrected chi connectivity index (χ4v) is 2.35. The first-order valence-corrected chi connectivity index (χ1v) is 7.61. The minimum Gasteiger partial charge on any atom is -0.456 e. The van der Waals surface area contributed by atoms with Crippen LogP contribution in [0.2, 0.25) is 0 Å². The lowest BCUT2D eigenvalue weighted by Crippen LogP contribution is -2.25. The van der Waals surface area contributed by atoms with Gasteiger partial charge in [-0.2, -0.15) is 0 Å². The summed E-state index contributed by atoms with van der Waals surface area (Å²) >= 11 is 0. The molecule has 116 valence electrons. The third kappa shape index (κ3) is 4.30. The fraction of sp³-hybridized carbons (Fsp3) is 0.158. The van der Waals surface area contributed by atoms with Gasteiger partial charge in [0, 0.05) is 25.4 Å². The second-order valence-electron chi connectivity index (χ2n) is 5.29. The number of pyridine rings is 1. The van der Waals surface area contributed by atoms with Gasteiger partial charge in [0.2, 0.25) is 0 Å². The molecule has 0 atom stereocenters. The molecular formula is C19H18N2O2. The third-order valence-corrected chi connectivity index (χ3v) is 3.56. The molecule has 1 aromatic carbocycles. The van der Waals surface area contributed by atoms with Crippen LogP contribution in [0.5, 0.6) is 0 Å². The Bertz CT molecular complexity index is 751. The molecule has 4 nitrogen and oxygen atoms in total. The Morgan fingerprint density at radius 1 is 0.957 bits per heavy atom. The molecule has 0 fully saturated rings. The van der Waals surface area contributed by atoms with Crippen molar-refractivity contribution >= 4 is 5.91 Å². The third-order valence-electron chi connectivity index (χ3n) is 3.56. The van der Waals surface area contributed by atoms with E-state index in [9.17, 15) is 4.79 Å². The average Bonchev–Trinajstić information content (AvgIpc) is 3.05. The van der Waals surface area contributed by atoms with Crippen molar-refractivity contribution in [2.75, 3.05) is 6.54 Å². The molecule has 3 rings (SSSR count). The molecule has 4 heteroatoms. The highest BCUT2D eigenvalue weighted by Crippen LogP contribution is 2.13. The van der Waals surface area contributed by atoms with Gasteiger partial charge in [0.1, 0.15) is 5.76 Å². The molecule has 2 aromatic heterocycles. The second kappa shape index (κ2) is 7.40. The molecule has 0 aliphatic heterocycles. The van der Waals surface area contributed by atoms with Crippen LogP contribution < -0.4 is 5.32 Å². The van der Waals surface area contributed by atoms with E-state index >= 15 is 0 Å². The zero-order chi connectivity index (χ0) is 15.9. The molecule has 1 N–H and O–H groups in total. The number of rotatable bonds is 6. The molecule has 0 spiro atoms. The fourth-order valence-electron chi connectivity index (χ4n) is 2.35. The first kappa shape index (κ1) is 15.0. The lowest BCUT2D eigenvalue weighted by atomic mass is 10.1. The number of amides is 1. The Kier molecular flexibility index (Phi) is 4.84. The monoisotopic (exact) mass is 306 g/mol. The van der Waals surface area contributed by atoms with Gasteiger partial charge < -0.3 is 9.73 Å². The maximum atomic E-state index is 12.1. The van der Waals surface area contributed by atoms with Crippen LogP contribution in [-0.4, -0.2) is 17.4 Å². The molecule has 0 aliphatic carbocycles. The molecular weight excluding hydrogens is 288 g/mol. The van der Waals surface area contributed by atoms with Crippen LogP contribution in [0.4, 0.5) is 0 Å². The highest BCUT2D eigenvalue weighted by atomic mass is 16.3. The van der Waals surface area contributed by atoms with Gasteiger partial charge in [0.25, 0.3) is 5.91 Å². The van der Waals surface area contributed by atoms with Gasteiger partial charge in [0.05, 0.1) is 0 Å². The van der Waals surface area contributed by atoms with Crippen LogP contribution in [0.1, 0.15) is 27.4 Å². The van der Waals surface area contributed by atoms with E-state index in [1.807, 2.05) is 48.5 Å². The number of benzene rings is 1. The van der Waals surface area contributed by atoms with Crippen molar-refractivity contribution in [3.8, 4) is 0 Å². The Morgan fingerprint density at radius 3 is 2.52 bits per heavy atom. The Balaban J connectivity index is 1.52. The molecule has 3 aromatic rings. The van der Waals surface area contributed by atoms with Gasteiger partial charge in [-0.25, -0.2) is 0 Å². The van der Waals surface area contributed by atoms with Crippen molar-refractivity contribution in [3.05, 3.63) is 89.6 Å². The number of hydrogen-bond acceptors (Lipinski definition) is 3. The van der Waals surface area contributed by atoms with Gasteiger partial charge in [-0.3, -0.25) is 9.78 Å². The van der Waals surface area contributed by atoms with Crippen LogP contribution in [-0.2, 0) is 12.8 Å². The summed E-state index contributed by atoms with van der Waals surface area (Å²) in [7, 11) is 0. The SMILES string of the molecule is O=C(NCCc1ccncc1)c1ccc(Cc2ccccc2)o1. The van der Waals surface area contributed by atoms with Gasteiger partial charge in [0.15, 0.2) is 5.76 Å². The molecule has 0 saturated carbocycles. The predicted octanol–water partition coefficient (Wildman–Crippen LogP) is 3.24. The lowest BCUT2D eigenvalue weighted by molar-refractivity contribution is 0.0925. The number of nitrogens with zero attached hydrogens (tertiary/aromatic N) is 1. The highest BCUT2D eigenvalue weighted by Gasteiger charge is 2.11. The van der Waals surface area contributed by atoms with E-state index in [-0.39, 0.29) is 5.91 Å². The zero-order valence-electron chi connectivity index (χ0n) is 12.7. The number of carbonyl (C=O) groups is 1. The van der Waals surface area contributed by atoms with E-state index in [0.29, 0.717) is 18.7 Å². The quantitative estimate of drug-likeness (QED) is 0.760. The number of carbonyl (C=O) groups excluding carboxylic acids is 1. The van der Waals surface area contributed by atoms with Crippen molar-refractivity contribution in [2.24, 2.45) is 0 Å². The number of hydrogen-bond donors (Lipinski definition) is 1. The Labute approximate surface area is 135 Å². The summed E-state index contributed by atoms with van der Waals surface area (Å²) in [5.41, 5.74) is 2.30. The molecule has 0 radical (unpaired) electrons. The van der Waals surface area contributed by atoms with Crippen LogP contribution in [0.3, 0.4) is 0 Å². The van der Waals surface area contributed by atoms with E-state index in [1.165, 1.54) is 0 Å². The summed E-state index contributed by atoms with van der Waals surface area (Å²) in [6.45, 7) is 0.567. The zero-order valence-corrected chi connectivity index (χ0v) is 12.7.